The maximum Gasteiger partial charge on any atom is 0.142 e. The number of unbranched alkanes of at least 4 members (excludes halogenated alkanes) is 1. The Morgan fingerprint density at radius 1 is 1.08 bits per heavy atom. The molecule has 0 bridgehead atoms. The van der Waals surface area contributed by atoms with Gasteiger partial charge in [-0.3, -0.25) is 0 Å². The highest BCUT2D eigenvalue weighted by molar-refractivity contribution is 7.19. The molecule has 0 spiro atoms. The molecular weight excluding hydrogens is 350 g/mol. The van der Waals surface area contributed by atoms with Gasteiger partial charge in [-0.05, 0) is 61.8 Å². The lowest BCUT2D eigenvalue weighted by atomic mass is 9.97. The number of nitrogens with one attached hydrogen (secondary N) is 1. The van der Waals surface area contributed by atoms with Gasteiger partial charge in [0.25, 0.3) is 0 Å². The summed E-state index contributed by atoms with van der Waals surface area (Å²) in [6.45, 7) is 2.23. The smallest absolute Gasteiger partial charge is 0.142 e. The van der Waals surface area contributed by atoms with E-state index in [2.05, 4.69) is 46.5 Å². The van der Waals surface area contributed by atoms with Crippen molar-refractivity contribution in [3.63, 3.8) is 0 Å². The predicted octanol–water partition coefficient (Wildman–Crippen LogP) is 6.08. The fourth-order valence-electron chi connectivity index (χ4n) is 3.46. The van der Waals surface area contributed by atoms with Gasteiger partial charge in [0, 0.05) is 10.6 Å². The van der Waals surface area contributed by atoms with Gasteiger partial charge in [-0.15, -0.1) is 23.7 Å². The van der Waals surface area contributed by atoms with Crippen LogP contribution < -0.4 is 5.32 Å². The van der Waals surface area contributed by atoms with Crippen molar-refractivity contribution in [2.75, 3.05) is 5.32 Å². The van der Waals surface area contributed by atoms with Gasteiger partial charge in [0.15, 0.2) is 0 Å². The summed E-state index contributed by atoms with van der Waals surface area (Å²) in [4.78, 5) is 11.7. The fourth-order valence-corrected chi connectivity index (χ4v) is 4.69. The second-order valence-corrected chi connectivity index (χ2v) is 7.62. The summed E-state index contributed by atoms with van der Waals surface area (Å²) in [6.07, 6.45) is 10.3. The van der Waals surface area contributed by atoms with Crippen molar-refractivity contribution in [2.45, 2.75) is 51.9 Å². The van der Waals surface area contributed by atoms with Crippen molar-refractivity contribution in [1.29, 1.82) is 0 Å². The summed E-state index contributed by atoms with van der Waals surface area (Å²) in [5, 5.41) is 4.76. The van der Waals surface area contributed by atoms with Gasteiger partial charge in [-0.2, -0.15) is 0 Å². The van der Waals surface area contributed by atoms with Crippen LogP contribution in [0.2, 0.25) is 0 Å². The highest BCUT2D eigenvalue weighted by Gasteiger charge is 2.19. The highest BCUT2D eigenvalue weighted by atomic mass is 35.5. The standard InChI is InChI=1S/C20H23N3S.ClH/c1-2-3-6-14-9-11-15(12-10-14)23-19-18-16-7-4-5-8-17(16)24-20(18)22-13-21-19;/h9-13H,2-8H2,1H3,(H,21,22,23);1H. The largest absolute Gasteiger partial charge is 0.340 e. The van der Waals surface area contributed by atoms with E-state index >= 15 is 0 Å². The molecule has 0 amide bonds. The molecular formula is C20H24ClN3S. The van der Waals surface area contributed by atoms with Gasteiger partial charge >= 0.3 is 0 Å². The van der Waals surface area contributed by atoms with Crippen LogP contribution in [0.15, 0.2) is 30.6 Å². The zero-order valence-electron chi connectivity index (χ0n) is 14.5. The van der Waals surface area contributed by atoms with Gasteiger partial charge in [-0.1, -0.05) is 25.5 Å². The Balaban J connectivity index is 0.00000182. The molecule has 1 N–H and O–H groups in total. The first kappa shape index (κ1) is 18.2. The van der Waals surface area contributed by atoms with Crippen molar-refractivity contribution in [1.82, 2.24) is 9.97 Å². The molecule has 1 aliphatic carbocycles. The van der Waals surface area contributed by atoms with Crippen molar-refractivity contribution in [2.24, 2.45) is 0 Å². The van der Waals surface area contributed by atoms with E-state index in [4.69, 9.17) is 0 Å². The second-order valence-electron chi connectivity index (χ2n) is 6.54. The van der Waals surface area contributed by atoms with Crippen LogP contribution in [0.5, 0.6) is 0 Å². The zero-order chi connectivity index (χ0) is 16.4. The Morgan fingerprint density at radius 3 is 2.68 bits per heavy atom. The van der Waals surface area contributed by atoms with E-state index in [1.54, 1.807) is 6.33 Å². The molecule has 0 saturated heterocycles. The first-order chi connectivity index (χ1) is 11.8. The first-order valence-corrected chi connectivity index (χ1v) is 9.78. The van der Waals surface area contributed by atoms with E-state index in [0.717, 1.165) is 29.2 Å². The minimum absolute atomic E-state index is 0. The highest BCUT2D eigenvalue weighted by Crippen LogP contribution is 2.38. The van der Waals surface area contributed by atoms with Crippen molar-refractivity contribution >= 4 is 45.5 Å². The maximum absolute atomic E-state index is 4.54. The molecule has 0 saturated carbocycles. The molecule has 2 heterocycles. The molecule has 3 aromatic rings. The molecule has 132 valence electrons. The monoisotopic (exact) mass is 373 g/mol. The van der Waals surface area contributed by atoms with E-state index in [1.807, 2.05) is 11.3 Å². The molecule has 3 nitrogen and oxygen atoms in total. The summed E-state index contributed by atoms with van der Waals surface area (Å²) in [6, 6.07) is 8.77. The van der Waals surface area contributed by atoms with Crippen LogP contribution in [-0.2, 0) is 19.3 Å². The summed E-state index contributed by atoms with van der Waals surface area (Å²) in [5.74, 6) is 0.959. The van der Waals surface area contributed by atoms with E-state index in [9.17, 15) is 0 Å². The maximum atomic E-state index is 4.54. The number of benzene rings is 1. The molecule has 4 rings (SSSR count). The molecule has 0 atom stereocenters. The molecule has 0 fully saturated rings. The summed E-state index contributed by atoms with van der Waals surface area (Å²) in [7, 11) is 0. The lowest BCUT2D eigenvalue weighted by Crippen LogP contribution is -2.01. The topological polar surface area (TPSA) is 37.8 Å². The molecule has 0 unspecified atom stereocenters. The third-order valence-corrected chi connectivity index (χ3v) is 5.99. The molecule has 25 heavy (non-hydrogen) atoms. The number of halogens is 1. The Morgan fingerprint density at radius 2 is 1.88 bits per heavy atom. The Hall–Kier alpha value is -1.65. The Bertz CT molecular complexity index is 842. The number of anilines is 2. The summed E-state index contributed by atoms with van der Waals surface area (Å²) < 4.78 is 0. The number of rotatable bonds is 5. The lowest BCUT2D eigenvalue weighted by molar-refractivity contribution is 0.700. The number of aryl methyl sites for hydroxylation is 3. The van der Waals surface area contributed by atoms with Gasteiger partial charge in [-0.25, -0.2) is 9.97 Å². The number of nitrogens with zero attached hydrogens (tertiary/aromatic N) is 2. The lowest BCUT2D eigenvalue weighted by Gasteiger charge is -2.12. The van der Waals surface area contributed by atoms with Crippen LogP contribution in [0.4, 0.5) is 11.5 Å². The minimum Gasteiger partial charge on any atom is -0.340 e. The second kappa shape index (κ2) is 8.15. The minimum atomic E-state index is 0. The van der Waals surface area contributed by atoms with E-state index < -0.39 is 0 Å². The Labute approximate surface area is 159 Å². The molecule has 0 radical (unpaired) electrons. The molecule has 1 aromatic carbocycles. The number of fused-ring (bicyclic) bond motifs is 3. The number of hydrogen-bond donors (Lipinski definition) is 1. The van der Waals surface area contributed by atoms with Gasteiger partial charge in [0.2, 0.25) is 0 Å². The third-order valence-electron chi connectivity index (χ3n) is 4.79. The Kier molecular flexibility index (Phi) is 5.92. The molecule has 2 aromatic heterocycles. The molecule has 0 aliphatic heterocycles. The van der Waals surface area contributed by atoms with Crippen molar-refractivity contribution in [3.05, 3.63) is 46.6 Å². The average Bonchev–Trinajstić information content (AvgIpc) is 3.01. The molecule has 1 aliphatic rings. The number of thiophene rings is 1. The SMILES string of the molecule is CCCCc1ccc(Nc2ncnc3sc4c(c23)CCCC4)cc1.Cl. The quantitative estimate of drug-likeness (QED) is 0.589. The summed E-state index contributed by atoms with van der Waals surface area (Å²) in [5.41, 5.74) is 3.98. The van der Waals surface area contributed by atoms with E-state index in [0.29, 0.717) is 0 Å². The fraction of sp³-hybridized carbons (Fsp3) is 0.400. The van der Waals surface area contributed by atoms with Crippen LogP contribution in [0.3, 0.4) is 0 Å². The number of aromatic nitrogens is 2. The van der Waals surface area contributed by atoms with E-state index in [-0.39, 0.29) is 12.4 Å². The normalized spacial score (nSPS) is 13.3. The van der Waals surface area contributed by atoms with Crippen LogP contribution in [0, 0.1) is 0 Å². The van der Waals surface area contributed by atoms with Crippen LogP contribution in [0.25, 0.3) is 10.2 Å². The molecule has 5 heteroatoms. The van der Waals surface area contributed by atoms with Gasteiger partial charge < -0.3 is 5.32 Å². The van der Waals surface area contributed by atoms with Crippen LogP contribution in [0.1, 0.15) is 48.6 Å². The third kappa shape index (κ3) is 3.80. The average molecular weight is 374 g/mol. The van der Waals surface area contributed by atoms with Gasteiger partial charge in [0.05, 0.1) is 5.39 Å². The van der Waals surface area contributed by atoms with Crippen LogP contribution >= 0.6 is 23.7 Å². The van der Waals surface area contributed by atoms with Gasteiger partial charge in [0.1, 0.15) is 17.0 Å². The van der Waals surface area contributed by atoms with Crippen LogP contribution in [-0.4, -0.2) is 9.97 Å². The first-order valence-electron chi connectivity index (χ1n) is 8.96. The van der Waals surface area contributed by atoms with Crippen molar-refractivity contribution < 1.29 is 0 Å². The van der Waals surface area contributed by atoms with Crippen molar-refractivity contribution in [3.8, 4) is 0 Å². The predicted molar refractivity (Wildman–Crippen MR) is 110 cm³/mol. The number of hydrogen-bond acceptors (Lipinski definition) is 4. The summed E-state index contributed by atoms with van der Waals surface area (Å²) >= 11 is 1.84. The van der Waals surface area contributed by atoms with E-state index in [1.165, 1.54) is 53.5 Å². The zero-order valence-corrected chi connectivity index (χ0v) is 16.2.